The van der Waals surface area contributed by atoms with Gasteiger partial charge in [-0.25, -0.2) is 4.79 Å². The van der Waals surface area contributed by atoms with Crippen LogP contribution in [0.5, 0.6) is 5.75 Å². The molecule has 0 bridgehead atoms. The maximum Gasteiger partial charge on any atom is 0.326 e. The van der Waals surface area contributed by atoms with E-state index >= 15 is 0 Å². The van der Waals surface area contributed by atoms with Crippen LogP contribution in [-0.2, 0) is 64.0 Å². The molecule has 14 N–H and O–H groups in total. The number of carboxylic acids is 4. The second kappa shape index (κ2) is 28.2. The predicted octanol–water partition coefficient (Wildman–Crippen LogP) is -2.71. The maximum absolute atomic E-state index is 13.6. The average Bonchev–Trinajstić information content (AvgIpc) is 3.76. The normalized spacial score (nSPS) is 16.2. The fourth-order valence-corrected chi connectivity index (χ4v) is 7.18. The van der Waals surface area contributed by atoms with Gasteiger partial charge in [0, 0.05) is 13.0 Å². The van der Waals surface area contributed by atoms with Crippen molar-refractivity contribution in [3.05, 3.63) is 29.8 Å². The third-order valence-corrected chi connectivity index (χ3v) is 10.7. The van der Waals surface area contributed by atoms with Gasteiger partial charge in [-0.05, 0) is 75.0 Å². The van der Waals surface area contributed by atoms with Crippen molar-refractivity contribution >= 4 is 71.1 Å². The first-order valence-corrected chi connectivity index (χ1v) is 22.5. The number of nitrogens with one attached hydrogen (secondary N) is 7. The number of phenols is 1. The molecule has 1 aromatic carbocycles. The van der Waals surface area contributed by atoms with E-state index < -0.39 is 152 Å². The van der Waals surface area contributed by atoms with Crippen LogP contribution in [0.15, 0.2) is 24.3 Å². The van der Waals surface area contributed by atoms with Crippen LogP contribution in [0.25, 0.3) is 0 Å². The minimum atomic E-state index is -2.07. The summed E-state index contributed by atoms with van der Waals surface area (Å²) < 4.78 is 0. The SMILES string of the molecule is CC(C)C[C@H](NC(=O)[C@@H]1CCCN1C(=O)CNC(=O)[C@H](C)NC(=O)[C@H](CCC(=O)O)NC(=O)[C@H](CC(=O)O)NC(=O)[C@H](CC(=O)O)NC(=O)[C@H](CC(C)C)NC(=O)[C@@H](N)Cc1ccc(O)cc1)C(=O)O. The number of hydrogen-bond donors (Lipinski definition) is 13. The third kappa shape index (κ3) is 20.5. The van der Waals surface area contributed by atoms with Crippen LogP contribution >= 0.6 is 0 Å². The fourth-order valence-electron chi connectivity index (χ4n) is 7.18. The zero-order valence-corrected chi connectivity index (χ0v) is 39.5. The molecule has 0 saturated carbocycles. The number of rotatable bonds is 29. The number of nitrogens with two attached hydrogens (primary N) is 1. The molecular weight excluding hydrogens is 927 g/mol. The number of nitrogens with zero attached hydrogens (tertiary/aromatic N) is 1. The summed E-state index contributed by atoms with van der Waals surface area (Å²) in [7, 11) is 0. The van der Waals surface area contributed by atoms with Crippen LogP contribution in [0, 0.1) is 11.8 Å². The van der Waals surface area contributed by atoms with Crippen LogP contribution in [0.3, 0.4) is 0 Å². The zero-order valence-electron chi connectivity index (χ0n) is 39.5. The van der Waals surface area contributed by atoms with Gasteiger partial charge in [0.1, 0.15) is 48.0 Å². The Morgan fingerprint density at radius 1 is 0.614 bits per heavy atom. The van der Waals surface area contributed by atoms with E-state index in [-0.39, 0.29) is 49.8 Å². The molecule has 1 heterocycles. The highest BCUT2D eigenvalue weighted by Gasteiger charge is 2.37. The van der Waals surface area contributed by atoms with Gasteiger partial charge in [-0.3, -0.25) is 52.7 Å². The van der Waals surface area contributed by atoms with Crippen LogP contribution < -0.4 is 43.0 Å². The fraction of sp³-hybridized carbons (Fsp3) is 0.591. The summed E-state index contributed by atoms with van der Waals surface area (Å²) in [4.78, 5) is 154. The van der Waals surface area contributed by atoms with Gasteiger partial charge in [0.15, 0.2) is 0 Å². The lowest BCUT2D eigenvalue weighted by Crippen LogP contribution is -2.60. The van der Waals surface area contributed by atoms with E-state index in [1.54, 1.807) is 27.7 Å². The number of phenolic OH excluding ortho intramolecular Hbond substituents is 1. The zero-order chi connectivity index (χ0) is 53.0. The van der Waals surface area contributed by atoms with E-state index in [2.05, 4.69) is 31.9 Å². The number of likely N-dealkylation sites (tertiary alicyclic amines) is 1. The Morgan fingerprint density at radius 2 is 1.10 bits per heavy atom. The first-order chi connectivity index (χ1) is 32.7. The molecule has 388 valence electrons. The van der Waals surface area contributed by atoms with Crippen molar-refractivity contribution in [3.8, 4) is 5.75 Å². The van der Waals surface area contributed by atoms with Gasteiger partial charge in [-0.15, -0.1) is 0 Å². The Hall–Kier alpha value is -7.38. The van der Waals surface area contributed by atoms with Crippen LogP contribution in [0.4, 0.5) is 0 Å². The highest BCUT2D eigenvalue weighted by molar-refractivity contribution is 5.99. The predicted molar refractivity (Wildman–Crippen MR) is 243 cm³/mol. The molecule has 1 aliphatic heterocycles. The third-order valence-electron chi connectivity index (χ3n) is 10.7. The first-order valence-electron chi connectivity index (χ1n) is 22.5. The van der Waals surface area contributed by atoms with Gasteiger partial charge in [-0.1, -0.05) is 39.8 Å². The number of carbonyl (C=O) groups excluding carboxylic acids is 8. The number of carboxylic acid groups (broad SMARTS) is 4. The number of aliphatic carboxylic acids is 4. The highest BCUT2D eigenvalue weighted by atomic mass is 16.4. The van der Waals surface area contributed by atoms with Crippen LogP contribution in [0.2, 0.25) is 0 Å². The Kier molecular flexibility index (Phi) is 23.7. The van der Waals surface area contributed by atoms with Crippen molar-refractivity contribution in [1.82, 2.24) is 42.1 Å². The molecule has 8 atom stereocenters. The summed E-state index contributed by atoms with van der Waals surface area (Å²) in [6, 6.07) is -6.23. The molecule has 2 rings (SSSR count). The second-order valence-corrected chi connectivity index (χ2v) is 17.7. The molecule has 0 spiro atoms. The molecule has 1 aliphatic rings. The summed E-state index contributed by atoms with van der Waals surface area (Å²) in [5.41, 5.74) is 6.64. The van der Waals surface area contributed by atoms with Gasteiger partial charge in [-0.2, -0.15) is 0 Å². The molecule has 1 fully saturated rings. The Morgan fingerprint density at radius 3 is 1.60 bits per heavy atom. The average molecular weight is 992 g/mol. The molecule has 26 heteroatoms. The number of amides is 8. The van der Waals surface area contributed by atoms with Gasteiger partial charge in [0.05, 0.1) is 25.4 Å². The Bertz CT molecular complexity index is 2080. The van der Waals surface area contributed by atoms with Crippen molar-refractivity contribution in [2.75, 3.05) is 13.1 Å². The Balaban J connectivity index is 2.18. The summed E-state index contributed by atoms with van der Waals surface area (Å²) in [6.45, 7) is 7.60. The lowest BCUT2D eigenvalue weighted by molar-refractivity contribution is -0.144. The van der Waals surface area contributed by atoms with Gasteiger partial charge in [0.25, 0.3) is 0 Å². The quantitative estimate of drug-likeness (QED) is 0.0388. The summed E-state index contributed by atoms with van der Waals surface area (Å²) >= 11 is 0. The Labute approximate surface area is 402 Å². The molecule has 0 aliphatic carbocycles. The van der Waals surface area contributed by atoms with Crippen molar-refractivity contribution in [1.29, 1.82) is 0 Å². The minimum Gasteiger partial charge on any atom is -0.508 e. The number of carbonyl (C=O) groups is 12. The van der Waals surface area contributed by atoms with E-state index in [1.165, 1.54) is 36.1 Å². The van der Waals surface area contributed by atoms with Crippen LogP contribution in [-0.4, -0.2) is 163 Å². The van der Waals surface area contributed by atoms with E-state index in [4.69, 9.17) is 5.73 Å². The van der Waals surface area contributed by atoms with E-state index in [0.717, 1.165) is 0 Å². The summed E-state index contributed by atoms with van der Waals surface area (Å²) in [5.74, 6) is -14.4. The van der Waals surface area contributed by atoms with Crippen molar-refractivity contribution in [3.63, 3.8) is 0 Å². The molecule has 1 saturated heterocycles. The van der Waals surface area contributed by atoms with Gasteiger partial charge in [0.2, 0.25) is 47.3 Å². The smallest absolute Gasteiger partial charge is 0.326 e. The maximum atomic E-state index is 13.6. The number of benzene rings is 1. The first kappa shape index (κ1) is 58.7. The molecule has 1 aromatic rings. The van der Waals surface area contributed by atoms with E-state index in [9.17, 15) is 83.1 Å². The van der Waals surface area contributed by atoms with Crippen molar-refractivity contribution in [2.24, 2.45) is 17.6 Å². The number of aromatic hydroxyl groups is 1. The molecule has 8 amide bonds. The lowest BCUT2D eigenvalue weighted by atomic mass is 10.0. The summed E-state index contributed by atoms with van der Waals surface area (Å²) in [5, 5.41) is 63.5. The minimum absolute atomic E-state index is 0.00275. The molecular formula is C44H65N9O17. The van der Waals surface area contributed by atoms with Crippen molar-refractivity contribution < 1.29 is 83.1 Å². The topological polar surface area (TPSA) is 419 Å². The van der Waals surface area contributed by atoms with Crippen molar-refractivity contribution in [2.45, 2.75) is 141 Å². The van der Waals surface area contributed by atoms with E-state index in [1.807, 2.05) is 5.32 Å². The van der Waals surface area contributed by atoms with Crippen LogP contribution in [0.1, 0.15) is 91.5 Å². The monoisotopic (exact) mass is 991 g/mol. The molecule has 70 heavy (non-hydrogen) atoms. The standard InChI is InChI=1S/C44H65N9O17/c1-21(2)15-28(49-38(63)26(45)17-24-8-10-25(54)11-9-24)40(65)50-30(19-36(60)61)42(67)51-29(18-35(58)59)41(66)48-27(12-13-34(56)57)39(64)47-23(5)37(62)46-20-33(55)53-14-6-7-32(53)43(68)52-31(44(69)70)16-22(3)4/h8-11,21-23,26-32,54H,6-7,12-20,45H2,1-5H3,(H,46,62)(H,47,64)(H,48,66)(H,49,63)(H,50,65)(H,51,67)(H,52,68)(H,56,57)(H,58,59)(H,60,61)(H,69,70)/t23-,26-,27-,28-,29-,30-,31-,32-/m0/s1. The molecule has 0 aromatic heterocycles. The largest absolute Gasteiger partial charge is 0.508 e. The molecule has 26 nitrogen and oxygen atoms in total. The second-order valence-electron chi connectivity index (χ2n) is 17.7. The van der Waals surface area contributed by atoms with Gasteiger partial charge >= 0.3 is 23.9 Å². The molecule has 0 unspecified atom stereocenters. The van der Waals surface area contributed by atoms with E-state index in [0.29, 0.717) is 12.0 Å². The lowest BCUT2D eigenvalue weighted by Gasteiger charge is -2.27. The highest BCUT2D eigenvalue weighted by Crippen LogP contribution is 2.19. The number of hydrogen-bond acceptors (Lipinski definition) is 14. The van der Waals surface area contributed by atoms with Gasteiger partial charge < -0.3 is 73.4 Å². The molecule has 0 radical (unpaired) electrons. The summed E-state index contributed by atoms with van der Waals surface area (Å²) in [6.07, 6.45) is -2.90.